The maximum atomic E-state index is 11.2. The highest BCUT2D eigenvalue weighted by molar-refractivity contribution is 6.34. The number of rotatable bonds is 4. The van der Waals surface area contributed by atoms with Crippen LogP contribution in [0.25, 0.3) is 0 Å². The van der Waals surface area contributed by atoms with Crippen molar-refractivity contribution in [2.75, 3.05) is 11.9 Å². The van der Waals surface area contributed by atoms with E-state index in [-0.39, 0.29) is 5.56 Å². The fraction of sp³-hybridized carbons (Fsp3) is 0.231. The van der Waals surface area contributed by atoms with E-state index in [0.717, 1.165) is 5.56 Å². The lowest BCUT2D eigenvalue weighted by Gasteiger charge is -2.21. The van der Waals surface area contributed by atoms with Gasteiger partial charge in [0.1, 0.15) is 0 Å². The summed E-state index contributed by atoms with van der Waals surface area (Å²) in [7, 11) is 3.64. The van der Waals surface area contributed by atoms with E-state index >= 15 is 0 Å². The molecular formula is C13H14ClN3O2. The normalized spacial score (nSPS) is 10.5. The average molecular weight is 280 g/mol. The molecule has 0 aliphatic carbocycles. The lowest BCUT2D eigenvalue weighted by molar-refractivity contribution is 0.0697. The van der Waals surface area contributed by atoms with E-state index in [2.05, 4.69) is 5.10 Å². The zero-order valence-corrected chi connectivity index (χ0v) is 11.4. The summed E-state index contributed by atoms with van der Waals surface area (Å²) in [5.74, 6) is -0.990. The second-order valence-electron chi connectivity index (χ2n) is 4.32. The fourth-order valence-electron chi connectivity index (χ4n) is 1.98. The summed E-state index contributed by atoms with van der Waals surface area (Å²) in [6, 6.07) is 4.86. The molecule has 0 saturated carbocycles. The van der Waals surface area contributed by atoms with Gasteiger partial charge in [0.2, 0.25) is 0 Å². The van der Waals surface area contributed by atoms with E-state index in [1.165, 1.54) is 0 Å². The quantitative estimate of drug-likeness (QED) is 0.934. The van der Waals surface area contributed by atoms with Crippen LogP contribution >= 0.6 is 11.6 Å². The first-order valence-corrected chi connectivity index (χ1v) is 6.07. The third-order valence-corrected chi connectivity index (χ3v) is 3.08. The van der Waals surface area contributed by atoms with E-state index in [0.29, 0.717) is 17.3 Å². The van der Waals surface area contributed by atoms with Crippen molar-refractivity contribution in [1.29, 1.82) is 0 Å². The van der Waals surface area contributed by atoms with Gasteiger partial charge in [-0.2, -0.15) is 5.10 Å². The highest BCUT2D eigenvalue weighted by atomic mass is 35.5. The fourth-order valence-corrected chi connectivity index (χ4v) is 2.30. The van der Waals surface area contributed by atoms with E-state index in [4.69, 9.17) is 11.6 Å². The molecule has 0 amide bonds. The third kappa shape index (κ3) is 2.88. The summed E-state index contributed by atoms with van der Waals surface area (Å²) in [6.07, 6.45) is 3.63. The van der Waals surface area contributed by atoms with Gasteiger partial charge in [-0.1, -0.05) is 17.7 Å². The van der Waals surface area contributed by atoms with Gasteiger partial charge in [0.05, 0.1) is 22.5 Å². The van der Waals surface area contributed by atoms with Crippen LogP contribution in [0.15, 0.2) is 30.6 Å². The molecule has 0 spiro atoms. The molecule has 0 aliphatic heterocycles. The maximum absolute atomic E-state index is 11.2. The maximum Gasteiger partial charge on any atom is 0.337 e. The van der Waals surface area contributed by atoms with Crippen LogP contribution in [0.3, 0.4) is 0 Å². The van der Waals surface area contributed by atoms with Crippen LogP contribution in [0, 0.1) is 0 Å². The minimum absolute atomic E-state index is 0.193. The number of carboxylic acid groups (broad SMARTS) is 1. The van der Waals surface area contributed by atoms with Crippen molar-refractivity contribution in [2.24, 2.45) is 7.05 Å². The summed E-state index contributed by atoms with van der Waals surface area (Å²) in [5.41, 5.74) is 1.70. The number of nitrogens with zero attached hydrogens (tertiary/aromatic N) is 3. The Kier molecular flexibility index (Phi) is 3.76. The highest BCUT2D eigenvalue weighted by Crippen LogP contribution is 2.30. The first-order valence-electron chi connectivity index (χ1n) is 5.69. The van der Waals surface area contributed by atoms with E-state index in [1.54, 1.807) is 36.1 Å². The summed E-state index contributed by atoms with van der Waals surface area (Å²) in [5, 5.41) is 13.7. The SMILES string of the molecule is CN(Cc1cnn(C)c1)c1c(Cl)cccc1C(=O)O. The third-order valence-electron chi connectivity index (χ3n) is 2.78. The molecule has 0 unspecified atom stereocenters. The zero-order chi connectivity index (χ0) is 14.0. The van der Waals surface area contributed by atoms with Gasteiger partial charge in [-0.15, -0.1) is 0 Å². The predicted molar refractivity (Wildman–Crippen MR) is 73.7 cm³/mol. The summed E-state index contributed by atoms with van der Waals surface area (Å²) < 4.78 is 1.70. The molecule has 2 aromatic rings. The van der Waals surface area contributed by atoms with Gasteiger partial charge in [0.25, 0.3) is 0 Å². The molecule has 0 bridgehead atoms. The molecule has 0 fully saturated rings. The van der Waals surface area contributed by atoms with Gasteiger partial charge < -0.3 is 10.0 Å². The van der Waals surface area contributed by atoms with Gasteiger partial charge >= 0.3 is 5.97 Å². The topological polar surface area (TPSA) is 58.4 Å². The van der Waals surface area contributed by atoms with Gasteiger partial charge in [-0.05, 0) is 12.1 Å². The summed E-state index contributed by atoms with van der Waals surface area (Å²) >= 11 is 6.11. The Morgan fingerprint density at radius 3 is 2.84 bits per heavy atom. The van der Waals surface area contributed by atoms with Crippen LogP contribution in [-0.2, 0) is 13.6 Å². The molecule has 1 aromatic carbocycles. The lowest BCUT2D eigenvalue weighted by atomic mass is 10.1. The molecule has 0 atom stereocenters. The van der Waals surface area contributed by atoms with Crippen LogP contribution < -0.4 is 4.90 Å². The van der Waals surface area contributed by atoms with Crippen molar-refractivity contribution in [3.8, 4) is 0 Å². The van der Waals surface area contributed by atoms with E-state index < -0.39 is 5.97 Å². The Morgan fingerprint density at radius 2 is 2.26 bits per heavy atom. The number of aryl methyl sites for hydroxylation is 1. The molecule has 1 aromatic heterocycles. The van der Waals surface area contributed by atoms with Crippen molar-refractivity contribution < 1.29 is 9.90 Å². The van der Waals surface area contributed by atoms with Gasteiger partial charge in [-0.3, -0.25) is 4.68 Å². The smallest absolute Gasteiger partial charge is 0.337 e. The highest BCUT2D eigenvalue weighted by Gasteiger charge is 2.17. The average Bonchev–Trinajstić information content (AvgIpc) is 2.74. The van der Waals surface area contributed by atoms with Crippen LogP contribution in [0.1, 0.15) is 15.9 Å². The molecule has 2 rings (SSSR count). The molecule has 5 nitrogen and oxygen atoms in total. The number of benzene rings is 1. The predicted octanol–water partition coefficient (Wildman–Crippen LogP) is 2.41. The number of hydrogen-bond donors (Lipinski definition) is 1. The van der Waals surface area contributed by atoms with Crippen LogP contribution in [0.5, 0.6) is 0 Å². The van der Waals surface area contributed by atoms with Crippen molar-refractivity contribution in [3.63, 3.8) is 0 Å². The van der Waals surface area contributed by atoms with Gasteiger partial charge in [-0.25, -0.2) is 4.79 Å². The Hall–Kier alpha value is -2.01. The minimum Gasteiger partial charge on any atom is -0.478 e. The number of carboxylic acids is 1. The largest absolute Gasteiger partial charge is 0.478 e. The minimum atomic E-state index is -0.990. The number of carbonyl (C=O) groups is 1. The van der Waals surface area contributed by atoms with E-state index in [1.807, 2.05) is 18.1 Å². The van der Waals surface area contributed by atoms with Crippen molar-refractivity contribution in [3.05, 3.63) is 46.7 Å². The molecule has 0 radical (unpaired) electrons. The summed E-state index contributed by atoms with van der Waals surface area (Å²) in [6.45, 7) is 0.540. The number of anilines is 1. The number of aromatic nitrogens is 2. The van der Waals surface area contributed by atoms with Crippen LogP contribution in [0.2, 0.25) is 5.02 Å². The van der Waals surface area contributed by atoms with E-state index in [9.17, 15) is 9.90 Å². The molecule has 0 saturated heterocycles. The second-order valence-corrected chi connectivity index (χ2v) is 4.73. The Balaban J connectivity index is 2.32. The molecule has 19 heavy (non-hydrogen) atoms. The van der Waals surface area contributed by atoms with Crippen LogP contribution in [-0.4, -0.2) is 27.9 Å². The Morgan fingerprint density at radius 1 is 1.53 bits per heavy atom. The number of para-hydroxylation sites is 1. The van der Waals surface area contributed by atoms with Gasteiger partial charge in [0.15, 0.2) is 0 Å². The Labute approximate surface area is 116 Å². The number of halogens is 1. The molecule has 1 heterocycles. The monoisotopic (exact) mass is 279 g/mol. The molecule has 1 N–H and O–H groups in total. The second kappa shape index (κ2) is 5.32. The zero-order valence-electron chi connectivity index (χ0n) is 10.7. The Bertz CT molecular complexity index is 610. The molecule has 100 valence electrons. The van der Waals surface area contributed by atoms with Crippen molar-refractivity contribution in [2.45, 2.75) is 6.54 Å². The molecule has 0 aliphatic rings. The van der Waals surface area contributed by atoms with Crippen molar-refractivity contribution in [1.82, 2.24) is 9.78 Å². The summed E-state index contributed by atoms with van der Waals surface area (Å²) in [4.78, 5) is 13.0. The van der Waals surface area contributed by atoms with Crippen molar-refractivity contribution >= 4 is 23.3 Å². The number of aromatic carboxylic acids is 1. The number of hydrogen-bond acceptors (Lipinski definition) is 3. The first-order chi connectivity index (χ1) is 8.99. The van der Waals surface area contributed by atoms with Crippen LogP contribution in [0.4, 0.5) is 5.69 Å². The standard InChI is InChI=1S/C13H14ClN3O2/c1-16(7-9-6-15-17(2)8-9)12-10(13(18)19)4-3-5-11(12)14/h3-6,8H,7H2,1-2H3,(H,18,19). The molecule has 6 heteroatoms. The first kappa shape index (κ1) is 13.4. The lowest BCUT2D eigenvalue weighted by Crippen LogP contribution is -2.19. The molecular weight excluding hydrogens is 266 g/mol. The van der Waals surface area contributed by atoms with Gasteiger partial charge in [0, 0.05) is 32.4 Å².